The molecule has 1 aromatic rings. The summed E-state index contributed by atoms with van der Waals surface area (Å²) >= 11 is 0. The van der Waals surface area contributed by atoms with Crippen LogP contribution in [0.25, 0.3) is 6.08 Å². The number of hydrogen-bond acceptors (Lipinski definition) is 0. The second kappa shape index (κ2) is 10.9. The summed E-state index contributed by atoms with van der Waals surface area (Å²) in [4.78, 5) is 3.22. The van der Waals surface area contributed by atoms with Crippen molar-refractivity contribution in [2.45, 2.75) is 27.7 Å². The summed E-state index contributed by atoms with van der Waals surface area (Å²) < 4.78 is 0. The lowest BCUT2D eigenvalue weighted by atomic mass is 10.2. The van der Waals surface area contributed by atoms with Gasteiger partial charge < -0.3 is 4.98 Å². The van der Waals surface area contributed by atoms with Gasteiger partial charge >= 0.3 is 0 Å². The van der Waals surface area contributed by atoms with Gasteiger partial charge in [0.2, 0.25) is 0 Å². The van der Waals surface area contributed by atoms with Crippen LogP contribution < -0.4 is 0 Å². The first-order valence-corrected chi connectivity index (χ1v) is 6.55. The van der Waals surface area contributed by atoms with E-state index >= 15 is 0 Å². The van der Waals surface area contributed by atoms with Crippen molar-refractivity contribution in [1.82, 2.24) is 4.98 Å². The maximum Gasteiger partial charge on any atom is 0.0897 e. The first-order chi connectivity index (χ1) is 9.30. The number of hydrogen-bond donors (Lipinski definition) is 1. The average molecular weight is 253 g/mol. The molecule has 0 aromatic carbocycles. The van der Waals surface area contributed by atoms with E-state index in [9.17, 15) is 0 Å². The fourth-order valence-electron chi connectivity index (χ4n) is 1.40. The first-order valence-electron chi connectivity index (χ1n) is 6.55. The highest BCUT2D eigenvalue weighted by atomic mass is 14.7. The van der Waals surface area contributed by atoms with Crippen LogP contribution in [0.5, 0.6) is 0 Å². The van der Waals surface area contributed by atoms with Crippen LogP contribution >= 0.6 is 0 Å². The van der Waals surface area contributed by atoms with Crippen LogP contribution in [0.15, 0.2) is 54.7 Å². The molecule has 0 aliphatic rings. The van der Waals surface area contributed by atoms with Gasteiger partial charge in [0.1, 0.15) is 0 Å². The quantitative estimate of drug-likeness (QED) is 0.566. The van der Waals surface area contributed by atoms with Crippen molar-refractivity contribution >= 4 is 6.08 Å². The highest BCUT2D eigenvalue weighted by molar-refractivity contribution is 5.53. The standard InChI is InChI=1S/C16H17N.C2H6/c1-4-7-14(8-5-2)10-11-16-13-12-15(17-16)9-6-3;1-2/h4-5,7-8,10-13,17H,1H2,2-3H3;1-2H3/b8-5-,11-10+,14-7+;. The molecule has 0 unspecified atom stereocenters. The van der Waals surface area contributed by atoms with Gasteiger partial charge in [-0.05, 0) is 43.5 Å². The summed E-state index contributed by atoms with van der Waals surface area (Å²) in [6.45, 7) is 11.5. The molecule has 0 radical (unpaired) electrons. The summed E-state index contributed by atoms with van der Waals surface area (Å²) in [6.07, 6.45) is 11.8. The minimum absolute atomic E-state index is 0.937. The molecule has 0 fully saturated rings. The lowest BCUT2D eigenvalue weighted by molar-refractivity contribution is 1.33. The number of aromatic amines is 1. The fourth-order valence-corrected chi connectivity index (χ4v) is 1.40. The van der Waals surface area contributed by atoms with E-state index in [0.29, 0.717) is 0 Å². The van der Waals surface area contributed by atoms with Crippen molar-refractivity contribution in [3.05, 3.63) is 66.1 Å². The minimum atomic E-state index is 0.937. The largest absolute Gasteiger partial charge is 0.349 e. The third-order valence-electron chi connectivity index (χ3n) is 2.09. The van der Waals surface area contributed by atoms with Crippen LogP contribution in [0.3, 0.4) is 0 Å². The zero-order valence-corrected chi connectivity index (χ0v) is 12.3. The van der Waals surface area contributed by atoms with Gasteiger partial charge in [-0.3, -0.25) is 0 Å². The van der Waals surface area contributed by atoms with Crippen LogP contribution in [-0.2, 0) is 0 Å². The van der Waals surface area contributed by atoms with Crippen molar-refractivity contribution in [2.75, 3.05) is 0 Å². The van der Waals surface area contributed by atoms with Crippen molar-refractivity contribution in [2.24, 2.45) is 0 Å². The molecule has 1 nitrogen and oxygen atoms in total. The number of H-pyrrole nitrogens is 1. The van der Waals surface area contributed by atoms with E-state index in [1.165, 1.54) is 0 Å². The Hall–Kier alpha value is -2.20. The lowest BCUT2D eigenvalue weighted by Crippen LogP contribution is -1.75. The van der Waals surface area contributed by atoms with Gasteiger partial charge in [0.05, 0.1) is 5.69 Å². The van der Waals surface area contributed by atoms with Crippen molar-refractivity contribution in [1.29, 1.82) is 0 Å². The molecule has 0 spiro atoms. The molecule has 0 bridgehead atoms. The van der Waals surface area contributed by atoms with Gasteiger partial charge in [-0.2, -0.15) is 0 Å². The van der Waals surface area contributed by atoms with Gasteiger partial charge in [-0.15, -0.1) is 0 Å². The fraction of sp³-hybridized carbons (Fsp3) is 0.222. The molecule has 0 saturated carbocycles. The van der Waals surface area contributed by atoms with Gasteiger partial charge in [0, 0.05) is 5.69 Å². The van der Waals surface area contributed by atoms with Gasteiger partial charge in [0.15, 0.2) is 0 Å². The van der Waals surface area contributed by atoms with Crippen LogP contribution in [0, 0.1) is 11.8 Å². The van der Waals surface area contributed by atoms with Crippen molar-refractivity contribution in [3.63, 3.8) is 0 Å². The topological polar surface area (TPSA) is 15.8 Å². The molecule has 0 aliphatic carbocycles. The van der Waals surface area contributed by atoms with Crippen LogP contribution in [0.4, 0.5) is 0 Å². The van der Waals surface area contributed by atoms with Gasteiger partial charge in [0.25, 0.3) is 0 Å². The molecule has 1 N–H and O–H groups in total. The highest BCUT2D eigenvalue weighted by Crippen LogP contribution is 2.07. The first kappa shape index (κ1) is 16.8. The minimum Gasteiger partial charge on any atom is -0.349 e. The van der Waals surface area contributed by atoms with E-state index in [4.69, 9.17) is 0 Å². The Bertz CT molecular complexity index is 513. The van der Waals surface area contributed by atoms with Crippen molar-refractivity contribution < 1.29 is 0 Å². The Kier molecular flexibility index (Phi) is 9.66. The molecule has 100 valence electrons. The van der Waals surface area contributed by atoms with E-state index in [1.807, 2.05) is 70.2 Å². The molecule has 1 aromatic heterocycles. The third-order valence-corrected chi connectivity index (χ3v) is 2.09. The predicted octanol–water partition coefficient (Wildman–Crippen LogP) is 5.11. The van der Waals surface area contributed by atoms with E-state index in [2.05, 4.69) is 23.4 Å². The molecule has 0 saturated heterocycles. The van der Waals surface area contributed by atoms with E-state index < -0.39 is 0 Å². The monoisotopic (exact) mass is 253 g/mol. The second-order valence-corrected chi connectivity index (χ2v) is 3.44. The Morgan fingerprint density at radius 3 is 2.58 bits per heavy atom. The molecule has 1 heteroatoms. The molecular formula is C18H23N. The zero-order chi connectivity index (χ0) is 14.5. The number of allylic oxidation sites excluding steroid dienone is 6. The number of rotatable bonds is 4. The number of aromatic nitrogens is 1. The van der Waals surface area contributed by atoms with Gasteiger partial charge in [-0.1, -0.05) is 56.7 Å². The van der Waals surface area contributed by atoms with Crippen LogP contribution in [-0.4, -0.2) is 4.98 Å². The van der Waals surface area contributed by atoms with E-state index in [1.54, 1.807) is 6.08 Å². The second-order valence-electron chi connectivity index (χ2n) is 3.44. The molecule has 0 aliphatic heterocycles. The summed E-state index contributed by atoms with van der Waals surface area (Å²) in [5.74, 6) is 5.84. The maximum atomic E-state index is 3.70. The molecular weight excluding hydrogens is 230 g/mol. The smallest absolute Gasteiger partial charge is 0.0897 e. The van der Waals surface area contributed by atoms with Crippen molar-refractivity contribution in [3.8, 4) is 11.8 Å². The lowest BCUT2D eigenvalue weighted by Gasteiger charge is -1.91. The SMILES string of the molecule is C=C/C=C(\C=C/C)/C=C/c1ccc(C#CC)[nH]1.CC. The summed E-state index contributed by atoms with van der Waals surface area (Å²) in [7, 11) is 0. The molecule has 1 heterocycles. The average Bonchev–Trinajstić information content (AvgIpc) is 2.87. The highest BCUT2D eigenvalue weighted by Gasteiger charge is 1.91. The normalized spacial score (nSPS) is 10.8. The Morgan fingerprint density at radius 1 is 1.26 bits per heavy atom. The Balaban J connectivity index is 0.00000154. The van der Waals surface area contributed by atoms with E-state index in [-0.39, 0.29) is 0 Å². The molecule has 0 atom stereocenters. The van der Waals surface area contributed by atoms with Crippen LogP contribution in [0.2, 0.25) is 0 Å². The Labute approximate surface area is 117 Å². The summed E-state index contributed by atoms with van der Waals surface area (Å²) in [5, 5.41) is 0. The zero-order valence-electron chi connectivity index (χ0n) is 12.3. The molecule has 0 amide bonds. The predicted molar refractivity (Wildman–Crippen MR) is 86.8 cm³/mol. The van der Waals surface area contributed by atoms with E-state index in [0.717, 1.165) is 17.0 Å². The summed E-state index contributed by atoms with van der Waals surface area (Å²) in [6, 6.07) is 3.99. The maximum absolute atomic E-state index is 3.70. The van der Waals surface area contributed by atoms with Crippen LogP contribution in [0.1, 0.15) is 39.1 Å². The summed E-state index contributed by atoms with van der Waals surface area (Å²) in [5.41, 5.74) is 3.09. The Morgan fingerprint density at radius 2 is 2.00 bits per heavy atom. The third kappa shape index (κ3) is 6.95. The molecule has 1 rings (SSSR count). The number of nitrogens with one attached hydrogen (secondary N) is 1. The molecule has 19 heavy (non-hydrogen) atoms. The van der Waals surface area contributed by atoms with Gasteiger partial charge in [-0.25, -0.2) is 0 Å².